The highest BCUT2D eigenvalue weighted by atomic mass is 16.7. The standard InChI is InChI=1S/C45H44N10O4/c1-52-19-21-53(22-20-52)37-27-39(54-18-6-17-48-54)50-43-40(37)51-42(34-9-5-16-47-41(34)46)55(43)32-12-13-33-30(25-32)10-14-36(33)49-44(56)31-11-15-38(35(26-31)45-57-23-24-58-45)59-28-29-7-3-2-4-8-29/h2-9,11-13,15-18,25-27,36,45H,10,14,19-24,28H2,1H3,(H2,46,47)(H,49,56)/t36-/m0/s1. The van der Waals surface area contributed by atoms with Crippen LogP contribution in [0.4, 0.5) is 11.5 Å². The summed E-state index contributed by atoms with van der Waals surface area (Å²) in [6.45, 7) is 4.92. The van der Waals surface area contributed by atoms with Gasteiger partial charge >= 0.3 is 0 Å². The number of likely N-dealkylation sites (N-methyl/N-ethyl adjacent to an activating group) is 1. The van der Waals surface area contributed by atoms with E-state index in [2.05, 4.69) is 61.1 Å². The number of hydrogen-bond acceptors (Lipinski definition) is 11. The Bertz CT molecular complexity index is 2630. The molecule has 59 heavy (non-hydrogen) atoms. The van der Waals surface area contributed by atoms with Crippen LogP contribution in [-0.4, -0.2) is 86.5 Å². The van der Waals surface area contributed by atoms with E-state index in [1.165, 1.54) is 0 Å². The van der Waals surface area contributed by atoms with Crippen molar-refractivity contribution in [3.05, 3.63) is 137 Å². The van der Waals surface area contributed by atoms with Crippen molar-refractivity contribution in [2.24, 2.45) is 0 Å². The average Bonchev–Trinajstić information content (AvgIpc) is 4.11. The van der Waals surface area contributed by atoms with Crippen LogP contribution in [0.15, 0.2) is 110 Å². The summed E-state index contributed by atoms with van der Waals surface area (Å²) in [4.78, 5) is 33.6. The Kier molecular flexibility index (Phi) is 9.72. The third kappa shape index (κ3) is 7.15. The number of fused-ring (bicyclic) bond motifs is 2. The van der Waals surface area contributed by atoms with Crippen LogP contribution >= 0.6 is 0 Å². The van der Waals surface area contributed by atoms with Crippen molar-refractivity contribution in [1.82, 2.24) is 39.5 Å². The SMILES string of the molecule is CN1CCN(c2cc(-n3cccn3)nc3c2nc(-c2cccnc2N)n3-c2ccc3c(c2)CC[C@@H]3NC(=O)c2ccc(OCc3ccccc3)c(C3OCCO3)c2)CC1. The van der Waals surface area contributed by atoms with Gasteiger partial charge in [-0.25, -0.2) is 19.6 Å². The van der Waals surface area contributed by atoms with Gasteiger partial charge in [-0.3, -0.25) is 9.36 Å². The lowest BCUT2D eigenvalue weighted by Gasteiger charge is -2.34. The van der Waals surface area contributed by atoms with Crippen LogP contribution < -0.4 is 20.7 Å². The molecule has 3 aliphatic rings. The first-order chi connectivity index (χ1) is 29.0. The smallest absolute Gasteiger partial charge is 0.251 e. The van der Waals surface area contributed by atoms with Crippen LogP contribution in [0.5, 0.6) is 5.75 Å². The monoisotopic (exact) mass is 788 g/mol. The van der Waals surface area contributed by atoms with E-state index in [1.807, 2.05) is 66.9 Å². The first-order valence-corrected chi connectivity index (χ1v) is 20.0. The highest BCUT2D eigenvalue weighted by Gasteiger charge is 2.30. The second-order valence-corrected chi connectivity index (χ2v) is 15.2. The summed E-state index contributed by atoms with van der Waals surface area (Å²) in [5.41, 5.74) is 15.1. The van der Waals surface area contributed by atoms with E-state index in [9.17, 15) is 4.79 Å². The third-order valence-electron chi connectivity index (χ3n) is 11.4. The van der Waals surface area contributed by atoms with E-state index in [1.54, 1.807) is 23.1 Å². The number of benzene rings is 3. The summed E-state index contributed by atoms with van der Waals surface area (Å²) in [6.07, 6.45) is 6.28. The molecule has 6 heterocycles. The molecule has 14 heteroatoms. The number of imidazole rings is 1. The van der Waals surface area contributed by atoms with Gasteiger partial charge in [-0.15, -0.1) is 0 Å². The molecule has 7 aromatic rings. The summed E-state index contributed by atoms with van der Waals surface area (Å²) in [5, 5.41) is 7.85. The molecule has 2 fully saturated rings. The van der Waals surface area contributed by atoms with Gasteiger partial charge in [0.05, 0.1) is 36.1 Å². The minimum atomic E-state index is -0.604. The lowest BCUT2D eigenvalue weighted by atomic mass is 10.1. The van der Waals surface area contributed by atoms with E-state index in [0.717, 1.165) is 72.6 Å². The maximum atomic E-state index is 13.9. The normalized spacial score (nSPS) is 17.1. The van der Waals surface area contributed by atoms with Gasteiger partial charge in [-0.05, 0) is 85.1 Å². The molecule has 0 bridgehead atoms. The first-order valence-electron chi connectivity index (χ1n) is 20.0. The van der Waals surface area contributed by atoms with Crippen molar-refractivity contribution in [2.45, 2.75) is 31.8 Å². The number of nitrogens with one attached hydrogen (secondary N) is 1. The average molecular weight is 789 g/mol. The molecule has 3 N–H and O–H groups in total. The van der Waals surface area contributed by atoms with Gasteiger partial charge in [0.1, 0.15) is 23.7 Å². The summed E-state index contributed by atoms with van der Waals surface area (Å²) < 4.78 is 21.8. The number of nitrogens with two attached hydrogens (primary N) is 1. The molecule has 0 radical (unpaired) electrons. The number of piperazine rings is 1. The summed E-state index contributed by atoms with van der Waals surface area (Å²) in [7, 11) is 2.15. The van der Waals surface area contributed by atoms with Gasteiger partial charge in [0.15, 0.2) is 23.6 Å². The number of aromatic nitrogens is 6. The van der Waals surface area contributed by atoms with Crippen molar-refractivity contribution < 1.29 is 19.0 Å². The van der Waals surface area contributed by atoms with E-state index in [-0.39, 0.29) is 11.9 Å². The molecule has 0 unspecified atom stereocenters. The Labute approximate surface area is 341 Å². The molecule has 14 nitrogen and oxygen atoms in total. The second kappa shape index (κ2) is 15.6. The van der Waals surface area contributed by atoms with Crippen LogP contribution in [0.25, 0.3) is 34.1 Å². The van der Waals surface area contributed by atoms with Crippen LogP contribution in [0.1, 0.15) is 51.4 Å². The molecule has 1 aliphatic carbocycles. The molecule has 0 saturated carbocycles. The number of anilines is 2. The van der Waals surface area contributed by atoms with Gasteiger partial charge in [0.2, 0.25) is 0 Å². The minimum absolute atomic E-state index is 0.177. The Morgan fingerprint density at radius 3 is 2.54 bits per heavy atom. The molecule has 2 aliphatic heterocycles. The number of carbonyl (C=O) groups is 1. The Balaban J connectivity index is 0.988. The lowest BCUT2D eigenvalue weighted by Crippen LogP contribution is -2.44. The number of rotatable bonds is 10. The zero-order valence-corrected chi connectivity index (χ0v) is 32.7. The molecule has 4 aromatic heterocycles. The fourth-order valence-electron chi connectivity index (χ4n) is 8.27. The predicted octanol–water partition coefficient (Wildman–Crippen LogP) is 6.04. The van der Waals surface area contributed by atoms with E-state index in [4.69, 9.17) is 29.9 Å². The first kappa shape index (κ1) is 36.7. The predicted molar refractivity (Wildman–Crippen MR) is 224 cm³/mol. The van der Waals surface area contributed by atoms with Crippen molar-refractivity contribution in [1.29, 1.82) is 0 Å². The molecule has 0 spiro atoms. The number of aryl methyl sites for hydroxylation is 1. The molecule has 298 valence electrons. The number of pyridine rings is 2. The van der Waals surface area contributed by atoms with Gasteiger partial charge in [-0.2, -0.15) is 5.10 Å². The van der Waals surface area contributed by atoms with Gasteiger partial charge in [-0.1, -0.05) is 36.4 Å². The van der Waals surface area contributed by atoms with Crippen molar-refractivity contribution in [3.8, 4) is 28.6 Å². The van der Waals surface area contributed by atoms with Gasteiger partial charge in [0, 0.05) is 62.1 Å². The molecule has 1 atom stereocenters. The largest absolute Gasteiger partial charge is 0.488 e. The van der Waals surface area contributed by atoms with Gasteiger partial charge in [0.25, 0.3) is 5.91 Å². The second-order valence-electron chi connectivity index (χ2n) is 15.2. The Morgan fingerprint density at radius 2 is 1.75 bits per heavy atom. The molecule has 2 saturated heterocycles. The number of amides is 1. The fraction of sp³-hybridized carbons (Fsp3) is 0.267. The molecule has 10 rings (SSSR count). The van der Waals surface area contributed by atoms with E-state index >= 15 is 0 Å². The molecule has 3 aromatic carbocycles. The van der Waals surface area contributed by atoms with Gasteiger partial charge < -0.3 is 35.1 Å². The van der Waals surface area contributed by atoms with E-state index < -0.39 is 6.29 Å². The fourth-order valence-corrected chi connectivity index (χ4v) is 8.27. The van der Waals surface area contributed by atoms with Crippen LogP contribution in [0.3, 0.4) is 0 Å². The molecule has 1 amide bonds. The summed E-state index contributed by atoms with van der Waals surface area (Å²) >= 11 is 0. The lowest BCUT2D eigenvalue weighted by molar-refractivity contribution is -0.0459. The Morgan fingerprint density at radius 1 is 0.898 bits per heavy atom. The minimum Gasteiger partial charge on any atom is -0.488 e. The molecular weight excluding hydrogens is 745 g/mol. The summed E-state index contributed by atoms with van der Waals surface area (Å²) in [6, 6.07) is 29.4. The molecular formula is C45H44N10O4. The van der Waals surface area contributed by atoms with Crippen molar-refractivity contribution in [2.75, 3.05) is 57.1 Å². The highest BCUT2D eigenvalue weighted by molar-refractivity contribution is 5.95. The number of carbonyl (C=O) groups excluding carboxylic acids is 1. The van der Waals surface area contributed by atoms with Crippen molar-refractivity contribution in [3.63, 3.8) is 0 Å². The number of nitrogen functional groups attached to an aromatic ring is 1. The number of hydrogen-bond donors (Lipinski definition) is 2. The van der Waals surface area contributed by atoms with Crippen LogP contribution in [0.2, 0.25) is 0 Å². The maximum Gasteiger partial charge on any atom is 0.251 e. The quantitative estimate of drug-likeness (QED) is 0.167. The van der Waals surface area contributed by atoms with Crippen LogP contribution in [0, 0.1) is 0 Å². The summed E-state index contributed by atoms with van der Waals surface area (Å²) in [5.74, 6) is 2.17. The zero-order valence-electron chi connectivity index (χ0n) is 32.7. The maximum absolute atomic E-state index is 13.9. The highest BCUT2D eigenvalue weighted by Crippen LogP contribution is 2.39. The number of nitrogens with zero attached hydrogens (tertiary/aromatic N) is 8. The Hall–Kier alpha value is -6.61. The third-order valence-corrected chi connectivity index (χ3v) is 11.4. The zero-order chi connectivity index (χ0) is 39.9. The van der Waals surface area contributed by atoms with E-state index in [0.29, 0.717) is 65.4 Å². The number of ether oxygens (including phenoxy) is 3. The van der Waals surface area contributed by atoms with Crippen LogP contribution in [-0.2, 0) is 22.5 Å². The topological polar surface area (TPSA) is 151 Å². The van der Waals surface area contributed by atoms with Crippen molar-refractivity contribution >= 4 is 28.6 Å².